The van der Waals surface area contributed by atoms with Crippen molar-refractivity contribution in [1.82, 2.24) is 20.4 Å². The Morgan fingerprint density at radius 3 is 2.86 bits per heavy atom. The lowest BCUT2D eigenvalue weighted by atomic mass is 10.1. The van der Waals surface area contributed by atoms with Crippen LogP contribution in [-0.2, 0) is 0 Å². The molecule has 6 heteroatoms. The lowest BCUT2D eigenvalue weighted by Gasteiger charge is -2.23. The molecule has 3 rings (SSSR count). The summed E-state index contributed by atoms with van der Waals surface area (Å²) in [5.41, 5.74) is 1.32. The van der Waals surface area contributed by atoms with Crippen LogP contribution in [0.2, 0.25) is 0 Å². The molecule has 2 N–H and O–H groups in total. The maximum absolute atomic E-state index is 12.2. The van der Waals surface area contributed by atoms with Crippen molar-refractivity contribution in [2.45, 2.75) is 18.9 Å². The number of rotatable bonds is 4. The first kappa shape index (κ1) is 14.6. The number of aromatic nitrogens is 2. The summed E-state index contributed by atoms with van der Waals surface area (Å²) in [6, 6.07) is 9.45. The predicted octanol–water partition coefficient (Wildman–Crippen LogP) is 1.36. The van der Waals surface area contributed by atoms with Crippen LogP contribution < -0.4 is 15.4 Å². The first-order valence-corrected chi connectivity index (χ1v) is 7.48. The molecule has 2 heterocycles. The average Bonchev–Trinajstić information content (AvgIpc) is 3.06. The number of ether oxygens (including phenoxy) is 1. The minimum Gasteiger partial charge on any atom is -0.497 e. The van der Waals surface area contributed by atoms with Gasteiger partial charge in [0.25, 0.3) is 5.91 Å². The molecule has 1 saturated heterocycles. The third-order valence-electron chi connectivity index (χ3n) is 3.79. The van der Waals surface area contributed by atoms with E-state index in [-0.39, 0.29) is 11.9 Å². The van der Waals surface area contributed by atoms with Crippen molar-refractivity contribution in [3.05, 3.63) is 42.2 Å². The standard InChI is InChI=1S/C16H20N4O2/c1-22-14-6-4-13(5-7-14)20-10-8-15(19-20)16(21)18-12-3-2-9-17-11-12/h4-8,10,12,17H,2-3,9,11H2,1H3,(H,18,21)/t12-/m0/s1. The number of hydrogen-bond acceptors (Lipinski definition) is 4. The van der Waals surface area contributed by atoms with Gasteiger partial charge in [0.15, 0.2) is 5.69 Å². The molecule has 0 saturated carbocycles. The summed E-state index contributed by atoms with van der Waals surface area (Å²) in [6.07, 6.45) is 3.89. The largest absolute Gasteiger partial charge is 0.497 e. The lowest BCUT2D eigenvalue weighted by molar-refractivity contribution is 0.0925. The highest BCUT2D eigenvalue weighted by molar-refractivity contribution is 5.92. The molecule has 0 unspecified atom stereocenters. The van der Waals surface area contributed by atoms with Gasteiger partial charge in [0.05, 0.1) is 12.8 Å². The molecule has 0 radical (unpaired) electrons. The molecule has 1 amide bonds. The normalized spacial score (nSPS) is 18.0. The Balaban J connectivity index is 1.68. The number of carbonyl (C=O) groups excluding carboxylic acids is 1. The summed E-state index contributed by atoms with van der Waals surface area (Å²) in [7, 11) is 1.63. The lowest BCUT2D eigenvalue weighted by Crippen LogP contribution is -2.45. The van der Waals surface area contributed by atoms with Crippen molar-refractivity contribution in [3.63, 3.8) is 0 Å². The van der Waals surface area contributed by atoms with Gasteiger partial charge in [0, 0.05) is 18.8 Å². The fraction of sp³-hybridized carbons (Fsp3) is 0.375. The third kappa shape index (κ3) is 3.28. The van der Waals surface area contributed by atoms with Gasteiger partial charge in [-0.3, -0.25) is 4.79 Å². The van der Waals surface area contributed by atoms with E-state index < -0.39 is 0 Å². The van der Waals surface area contributed by atoms with Gasteiger partial charge in [-0.1, -0.05) is 0 Å². The summed E-state index contributed by atoms with van der Waals surface area (Å²) in [4.78, 5) is 12.2. The third-order valence-corrected chi connectivity index (χ3v) is 3.79. The second-order valence-corrected chi connectivity index (χ2v) is 5.36. The zero-order valence-corrected chi connectivity index (χ0v) is 12.6. The molecule has 2 aromatic rings. The maximum atomic E-state index is 12.2. The molecule has 6 nitrogen and oxygen atoms in total. The predicted molar refractivity (Wildman–Crippen MR) is 83.5 cm³/mol. The highest BCUT2D eigenvalue weighted by Crippen LogP contribution is 2.14. The summed E-state index contributed by atoms with van der Waals surface area (Å²) in [5.74, 6) is 0.666. The Morgan fingerprint density at radius 1 is 1.36 bits per heavy atom. The van der Waals surface area contributed by atoms with Crippen LogP contribution in [0.4, 0.5) is 0 Å². The first-order valence-electron chi connectivity index (χ1n) is 7.48. The van der Waals surface area contributed by atoms with E-state index in [1.54, 1.807) is 24.1 Å². The molecular weight excluding hydrogens is 280 g/mol. The van der Waals surface area contributed by atoms with Crippen LogP contribution in [-0.4, -0.2) is 41.9 Å². The van der Waals surface area contributed by atoms with Crippen LogP contribution in [0.25, 0.3) is 5.69 Å². The van der Waals surface area contributed by atoms with Crippen LogP contribution in [0.3, 0.4) is 0 Å². The molecule has 0 bridgehead atoms. The Labute approximate surface area is 129 Å². The Kier molecular flexibility index (Phi) is 4.39. The van der Waals surface area contributed by atoms with E-state index in [2.05, 4.69) is 15.7 Å². The number of methoxy groups -OCH3 is 1. The zero-order chi connectivity index (χ0) is 15.4. The van der Waals surface area contributed by atoms with Crippen molar-refractivity contribution in [3.8, 4) is 11.4 Å². The zero-order valence-electron chi connectivity index (χ0n) is 12.6. The van der Waals surface area contributed by atoms with E-state index in [0.29, 0.717) is 5.69 Å². The number of piperidine rings is 1. The molecule has 1 atom stereocenters. The van der Waals surface area contributed by atoms with E-state index in [9.17, 15) is 4.79 Å². The van der Waals surface area contributed by atoms with Gasteiger partial charge in [0.1, 0.15) is 5.75 Å². The summed E-state index contributed by atoms with van der Waals surface area (Å²) < 4.78 is 6.82. The summed E-state index contributed by atoms with van der Waals surface area (Å²) >= 11 is 0. The number of hydrogen-bond donors (Lipinski definition) is 2. The molecular formula is C16H20N4O2. The monoisotopic (exact) mass is 300 g/mol. The van der Waals surface area contributed by atoms with Crippen LogP contribution in [0.15, 0.2) is 36.5 Å². The van der Waals surface area contributed by atoms with Crippen molar-refractivity contribution in [2.24, 2.45) is 0 Å². The van der Waals surface area contributed by atoms with Gasteiger partial charge in [-0.05, 0) is 49.7 Å². The van der Waals surface area contributed by atoms with Crippen LogP contribution in [0.1, 0.15) is 23.3 Å². The van der Waals surface area contributed by atoms with Gasteiger partial charge in [-0.15, -0.1) is 0 Å². The van der Waals surface area contributed by atoms with Crippen molar-refractivity contribution in [2.75, 3.05) is 20.2 Å². The van der Waals surface area contributed by atoms with E-state index in [0.717, 1.165) is 37.4 Å². The molecule has 1 fully saturated rings. The number of carbonyl (C=O) groups is 1. The number of nitrogens with one attached hydrogen (secondary N) is 2. The van der Waals surface area contributed by atoms with Gasteiger partial charge in [0.2, 0.25) is 0 Å². The average molecular weight is 300 g/mol. The molecule has 0 aliphatic carbocycles. The van der Waals surface area contributed by atoms with Crippen molar-refractivity contribution in [1.29, 1.82) is 0 Å². The van der Waals surface area contributed by atoms with Crippen LogP contribution in [0, 0.1) is 0 Å². The van der Waals surface area contributed by atoms with E-state index in [4.69, 9.17) is 4.74 Å². The number of nitrogens with zero attached hydrogens (tertiary/aromatic N) is 2. The van der Waals surface area contributed by atoms with Crippen LogP contribution >= 0.6 is 0 Å². The number of benzene rings is 1. The smallest absolute Gasteiger partial charge is 0.272 e. The Hall–Kier alpha value is -2.34. The Morgan fingerprint density at radius 2 is 2.18 bits per heavy atom. The van der Waals surface area contributed by atoms with Gasteiger partial charge >= 0.3 is 0 Å². The molecule has 1 aliphatic heterocycles. The van der Waals surface area contributed by atoms with Gasteiger partial charge < -0.3 is 15.4 Å². The molecule has 22 heavy (non-hydrogen) atoms. The molecule has 1 aliphatic rings. The van der Waals surface area contributed by atoms with Crippen molar-refractivity contribution < 1.29 is 9.53 Å². The minimum absolute atomic E-state index is 0.124. The highest BCUT2D eigenvalue weighted by atomic mass is 16.5. The fourth-order valence-corrected chi connectivity index (χ4v) is 2.56. The fourth-order valence-electron chi connectivity index (χ4n) is 2.56. The molecule has 0 spiro atoms. The van der Waals surface area contributed by atoms with Gasteiger partial charge in [-0.25, -0.2) is 4.68 Å². The second-order valence-electron chi connectivity index (χ2n) is 5.36. The molecule has 1 aromatic heterocycles. The summed E-state index contributed by atoms with van der Waals surface area (Å²) in [6.45, 7) is 1.85. The number of amides is 1. The maximum Gasteiger partial charge on any atom is 0.272 e. The molecule has 1 aromatic carbocycles. The van der Waals surface area contributed by atoms with E-state index >= 15 is 0 Å². The first-order chi connectivity index (χ1) is 10.8. The second kappa shape index (κ2) is 6.62. The van der Waals surface area contributed by atoms with Crippen LogP contribution in [0.5, 0.6) is 5.75 Å². The highest BCUT2D eigenvalue weighted by Gasteiger charge is 2.17. The minimum atomic E-state index is -0.124. The van der Waals surface area contributed by atoms with E-state index in [1.807, 2.05) is 24.3 Å². The van der Waals surface area contributed by atoms with Crippen molar-refractivity contribution >= 4 is 5.91 Å². The quantitative estimate of drug-likeness (QED) is 0.895. The van der Waals surface area contributed by atoms with Gasteiger partial charge in [-0.2, -0.15) is 5.10 Å². The van der Waals surface area contributed by atoms with E-state index in [1.165, 1.54) is 0 Å². The Bertz CT molecular complexity index is 630. The summed E-state index contributed by atoms with van der Waals surface area (Å²) in [5, 5.41) is 10.6. The topological polar surface area (TPSA) is 68.2 Å². The SMILES string of the molecule is COc1ccc(-n2ccc(C(=O)N[C@H]3CCCNC3)n2)cc1. The molecule has 116 valence electrons.